The van der Waals surface area contributed by atoms with Crippen molar-refractivity contribution in [1.82, 2.24) is 9.80 Å². The molecule has 27 heavy (non-hydrogen) atoms. The topological polar surface area (TPSA) is 52.7 Å². The Morgan fingerprint density at radius 1 is 1.11 bits per heavy atom. The lowest BCUT2D eigenvalue weighted by Crippen LogP contribution is -2.50. The number of fused-ring (bicyclic) bond motifs is 2. The van der Waals surface area contributed by atoms with E-state index >= 15 is 0 Å². The standard InChI is InChI=1S/C21H28FN3O2/c22-18-2-1-3-19(13-18)23-20(26)14-24-6-8-25(9-7-24)21(27)12-17-11-15-4-5-16(17)10-15/h1-3,13,15-17H,4-12,14H2,(H,23,26)/t15-,16-,17+/m1/s1. The van der Waals surface area contributed by atoms with Crippen molar-refractivity contribution in [3.8, 4) is 0 Å². The Hall–Kier alpha value is -1.95. The van der Waals surface area contributed by atoms with Gasteiger partial charge in [0, 0.05) is 38.3 Å². The summed E-state index contributed by atoms with van der Waals surface area (Å²) in [5, 5.41) is 2.73. The van der Waals surface area contributed by atoms with E-state index in [1.54, 1.807) is 12.1 Å². The van der Waals surface area contributed by atoms with E-state index in [0.717, 1.165) is 11.8 Å². The van der Waals surface area contributed by atoms with Crippen LogP contribution in [-0.2, 0) is 9.59 Å². The highest BCUT2D eigenvalue weighted by atomic mass is 19.1. The van der Waals surface area contributed by atoms with Crippen LogP contribution in [0.25, 0.3) is 0 Å². The smallest absolute Gasteiger partial charge is 0.238 e. The molecule has 2 amide bonds. The number of nitrogens with one attached hydrogen (secondary N) is 1. The Morgan fingerprint density at radius 2 is 1.93 bits per heavy atom. The van der Waals surface area contributed by atoms with Crippen LogP contribution in [0.4, 0.5) is 10.1 Å². The molecule has 3 aliphatic rings. The minimum atomic E-state index is -0.365. The Kier molecular flexibility index (Phi) is 5.43. The molecule has 2 saturated carbocycles. The molecule has 0 aromatic heterocycles. The molecule has 1 aromatic rings. The van der Waals surface area contributed by atoms with Crippen molar-refractivity contribution in [3.63, 3.8) is 0 Å². The summed E-state index contributed by atoms with van der Waals surface area (Å²) in [6, 6.07) is 5.91. The van der Waals surface area contributed by atoms with Crippen molar-refractivity contribution in [3.05, 3.63) is 30.1 Å². The molecule has 3 fully saturated rings. The molecule has 3 atom stereocenters. The van der Waals surface area contributed by atoms with E-state index in [1.165, 1.54) is 37.8 Å². The minimum absolute atomic E-state index is 0.151. The Balaban J connectivity index is 1.19. The number of benzene rings is 1. The molecule has 0 radical (unpaired) electrons. The van der Waals surface area contributed by atoms with Crippen LogP contribution in [0.1, 0.15) is 32.1 Å². The predicted molar refractivity (Wildman–Crippen MR) is 102 cm³/mol. The summed E-state index contributed by atoms with van der Waals surface area (Å²) in [6.07, 6.45) is 5.98. The zero-order valence-electron chi connectivity index (χ0n) is 15.7. The fourth-order valence-electron chi connectivity index (χ4n) is 5.11. The van der Waals surface area contributed by atoms with Gasteiger partial charge < -0.3 is 10.2 Å². The van der Waals surface area contributed by atoms with Gasteiger partial charge in [0.15, 0.2) is 0 Å². The number of nitrogens with zero attached hydrogens (tertiary/aromatic N) is 2. The second-order valence-corrected chi connectivity index (χ2v) is 8.35. The average molecular weight is 373 g/mol. The van der Waals surface area contributed by atoms with Gasteiger partial charge >= 0.3 is 0 Å². The molecule has 6 heteroatoms. The van der Waals surface area contributed by atoms with Crippen LogP contribution in [0.15, 0.2) is 24.3 Å². The maximum absolute atomic E-state index is 13.2. The Bertz CT molecular complexity index is 702. The fourth-order valence-corrected chi connectivity index (χ4v) is 5.11. The van der Waals surface area contributed by atoms with Gasteiger partial charge in [0.05, 0.1) is 6.54 Å². The van der Waals surface area contributed by atoms with E-state index in [2.05, 4.69) is 10.2 Å². The number of hydrogen-bond acceptors (Lipinski definition) is 3. The first-order chi connectivity index (χ1) is 13.1. The lowest BCUT2D eigenvalue weighted by atomic mass is 9.86. The number of carbonyl (C=O) groups is 2. The zero-order valence-corrected chi connectivity index (χ0v) is 15.7. The van der Waals surface area contributed by atoms with Crippen molar-refractivity contribution in [2.75, 3.05) is 38.0 Å². The summed E-state index contributed by atoms with van der Waals surface area (Å²) in [6.45, 7) is 3.06. The quantitative estimate of drug-likeness (QED) is 0.863. The van der Waals surface area contributed by atoms with Crippen molar-refractivity contribution in [1.29, 1.82) is 0 Å². The second kappa shape index (κ2) is 7.97. The lowest BCUT2D eigenvalue weighted by Gasteiger charge is -2.35. The van der Waals surface area contributed by atoms with Gasteiger partial charge in [0.1, 0.15) is 5.82 Å². The predicted octanol–water partition coefficient (Wildman–Crippen LogP) is 2.73. The van der Waals surface area contributed by atoms with Crippen LogP contribution in [0.5, 0.6) is 0 Å². The SMILES string of the molecule is O=C(CN1CCN(C(=O)C[C@@H]2C[C@@H]3CC[C@@H]2C3)CC1)Nc1cccc(F)c1. The van der Waals surface area contributed by atoms with Crippen molar-refractivity contribution < 1.29 is 14.0 Å². The van der Waals surface area contributed by atoms with Crippen LogP contribution < -0.4 is 5.32 Å². The fraction of sp³-hybridized carbons (Fsp3) is 0.619. The molecular weight excluding hydrogens is 345 g/mol. The van der Waals surface area contributed by atoms with Crippen molar-refractivity contribution in [2.24, 2.45) is 17.8 Å². The molecule has 1 heterocycles. The molecule has 1 aliphatic heterocycles. The number of anilines is 1. The van der Waals surface area contributed by atoms with Gasteiger partial charge in [-0.1, -0.05) is 12.5 Å². The molecule has 1 N–H and O–H groups in total. The molecule has 0 spiro atoms. The maximum atomic E-state index is 13.2. The van der Waals surface area contributed by atoms with Crippen LogP contribution in [0, 0.1) is 23.6 Å². The molecule has 1 aromatic carbocycles. The van der Waals surface area contributed by atoms with Gasteiger partial charge in [-0.15, -0.1) is 0 Å². The van der Waals surface area contributed by atoms with E-state index in [0.29, 0.717) is 44.2 Å². The van der Waals surface area contributed by atoms with E-state index in [4.69, 9.17) is 0 Å². The summed E-state index contributed by atoms with van der Waals surface area (Å²) in [7, 11) is 0. The van der Waals surface area contributed by atoms with E-state index in [-0.39, 0.29) is 24.2 Å². The van der Waals surface area contributed by atoms with Crippen LogP contribution in [-0.4, -0.2) is 54.3 Å². The normalized spacial score (nSPS) is 27.7. The van der Waals surface area contributed by atoms with Crippen LogP contribution >= 0.6 is 0 Å². The van der Waals surface area contributed by atoms with Gasteiger partial charge in [-0.2, -0.15) is 0 Å². The zero-order chi connectivity index (χ0) is 18.8. The maximum Gasteiger partial charge on any atom is 0.238 e. The third-order valence-corrected chi connectivity index (χ3v) is 6.52. The van der Waals surface area contributed by atoms with Crippen molar-refractivity contribution in [2.45, 2.75) is 32.1 Å². The molecular formula is C21H28FN3O2. The highest BCUT2D eigenvalue weighted by Crippen LogP contribution is 2.49. The Morgan fingerprint density at radius 3 is 2.59 bits per heavy atom. The van der Waals surface area contributed by atoms with Gasteiger partial charge in [-0.05, 0) is 55.2 Å². The number of amides is 2. The minimum Gasteiger partial charge on any atom is -0.340 e. The third kappa shape index (κ3) is 4.49. The first-order valence-electron chi connectivity index (χ1n) is 10.1. The molecule has 2 bridgehead atoms. The third-order valence-electron chi connectivity index (χ3n) is 6.52. The van der Waals surface area contributed by atoms with Gasteiger partial charge in [-0.25, -0.2) is 4.39 Å². The first-order valence-corrected chi connectivity index (χ1v) is 10.1. The number of piperazine rings is 1. The summed E-state index contributed by atoms with van der Waals surface area (Å²) < 4.78 is 13.2. The first kappa shape index (κ1) is 18.4. The second-order valence-electron chi connectivity index (χ2n) is 8.35. The van der Waals surface area contributed by atoms with Crippen molar-refractivity contribution >= 4 is 17.5 Å². The lowest BCUT2D eigenvalue weighted by molar-refractivity contribution is -0.134. The number of halogens is 1. The molecule has 4 rings (SSSR count). The Labute approximate surface area is 159 Å². The molecule has 0 unspecified atom stereocenters. The van der Waals surface area contributed by atoms with Gasteiger partial charge in [0.25, 0.3) is 0 Å². The summed E-state index contributed by atoms with van der Waals surface area (Å²) >= 11 is 0. The molecule has 5 nitrogen and oxygen atoms in total. The monoisotopic (exact) mass is 373 g/mol. The molecule has 1 saturated heterocycles. The van der Waals surface area contributed by atoms with E-state index in [1.807, 2.05) is 4.90 Å². The largest absolute Gasteiger partial charge is 0.340 e. The van der Waals surface area contributed by atoms with Crippen LogP contribution in [0.2, 0.25) is 0 Å². The number of rotatable bonds is 5. The number of carbonyl (C=O) groups excluding carboxylic acids is 2. The summed E-state index contributed by atoms with van der Waals surface area (Å²) in [5.41, 5.74) is 0.472. The highest BCUT2D eigenvalue weighted by molar-refractivity contribution is 5.92. The van der Waals surface area contributed by atoms with Gasteiger partial charge in [-0.3, -0.25) is 14.5 Å². The van der Waals surface area contributed by atoms with Gasteiger partial charge in [0.2, 0.25) is 11.8 Å². The highest BCUT2D eigenvalue weighted by Gasteiger charge is 2.40. The summed E-state index contributed by atoms with van der Waals surface area (Å²) in [5.74, 6) is 2.04. The van der Waals surface area contributed by atoms with E-state index < -0.39 is 0 Å². The number of hydrogen-bond donors (Lipinski definition) is 1. The summed E-state index contributed by atoms with van der Waals surface area (Å²) in [4.78, 5) is 28.8. The van der Waals surface area contributed by atoms with E-state index in [9.17, 15) is 14.0 Å². The molecule has 2 aliphatic carbocycles. The molecule has 146 valence electrons. The average Bonchev–Trinajstić information content (AvgIpc) is 3.25. The van der Waals surface area contributed by atoms with Crippen LogP contribution in [0.3, 0.4) is 0 Å².